The van der Waals surface area contributed by atoms with Crippen molar-refractivity contribution in [1.29, 1.82) is 0 Å². The van der Waals surface area contributed by atoms with Gasteiger partial charge in [-0.3, -0.25) is 9.36 Å². The Morgan fingerprint density at radius 1 is 1.16 bits per heavy atom. The SMILES string of the molecule is O=C(NCCc1c[nH]c2ccccc12)C1CCCN(c2ccc(-n3ccnc3)nn2)C1. The minimum Gasteiger partial charge on any atom is -0.361 e. The topological polar surface area (TPSA) is 91.7 Å². The normalized spacial score (nSPS) is 16.5. The largest absolute Gasteiger partial charge is 0.361 e. The van der Waals surface area contributed by atoms with Gasteiger partial charge in [-0.25, -0.2) is 4.98 Å². The van der Waals surface area contributed by atoms with E-state index >= 15 is 0 Å². The van der Waals surface area contributed by atoms with Gasteiger partial charge < -0.3 is 15.2 Å². The maximum Gasteiger partial charge on any atom is 0.224 e. The van der Waals surface area contributed by atoms with Crippen molar-refractivity contribution in [3.8, 4) is 5.82 Å². The van der Waals surface area contributed by atoms with Gasteiger partial charge in [0.05, 0.1) is 5.92 Å². The Balaban J connectivity index is 1.16. The van der Waals surface area contributed by atoms with E-state index in [0.717, 1.165) is 43.0 Å². The number of hydrogen-bond acceptors (Lipinski definition) is 5. The zero-order valence-electron chi connectivity index (χ0n) is 17.2. The molecular formula is C23H25N7O. The first-order valence-electron chi connectivity index (χ1n) is 10.7. The van der Waals surface area contributed by atoms with Crippen molar-refractivity contribution in [3.05, 3.63) is 66.9 Å². The third-order valence-electron chi connectivity index (χ3n) is 5.89. The summed E-state index contributed by atoms with van der Waals surface area (Å²) >= 11 is 0. The number of para-hydroxylation sites is 1. The Morgan fingerprint density at radius 2 is 2.03 bits per heavy atom. The number of benzene rings is 1. The number of fused-ring (bicyclic) bond motifs is 1. The molecule has 31 heavy (non-hydrogen) atoms. The predicted molar refractivity (Wildman–Crippen MR) is 119 cm³/mol. The van der Waals surface area contributed by atoms with E-state index in [0.29, 0.717) is 13.1 Å². The number of hydrogen-bond donors (Lipinski definition) is 2. The Morgan fingerprint density at radius 3 is 2.87 bits per heavy atom. The van der Waals surface area contributed by atoms with Crippen LogP contribution in [0.4, 0.5) is 5.82 Å². The molecule has 5 rings (SSSR count). The van der Waals surface area contributed by atoms with Crippen molar-refractivity contribution < 1.29 is 4.79 Å². The summed E-state index contributed by atoms with van der Waals surface area (Å²) < 4.78 is 1.82. The van der Waals surface area contributed by atoms with Crippen LogP contribution in [0.25, 0.3) is 16.7 Å². The van der Waals surface area contributed by atoms with Gasteiger partial charge in [-0.05, 0) is 43.0 Å². The van der Waals surface area contributed by atoms with Crippen molar-refractivity contribution >= 4 is 22.6 Å². The van der Waals surface area contributed by atoms with E-state index in [2.05, 4.69) is 42.5 Å². The van der Waals surface area contributed by atoms with Gasteiger partial charge in [-0.15, -0.1) is 10.2 Å². The molecule has 4 heterocycles. The zero-order valence-corrected chi connectivity index (χ0v) is 17.2. The second kappa shape index (κ2) is 8.59. The first-order valence-corrected chi connectivity index (χ1v) is 10.7. The molecule has 1 amide bonds. The van der Waals surface area contributed by atoms with Crippen LogP contribution in [0.15, 0.2) is 61.3 Å². The molecule has 4 aromatic rings. The van der Waals surface area contributed by atoms with E-state index in [1.54, 1.807) is 12.5 Å². The van der Waals surface area contributed by atoms with Crippen LogP contribution in [0.1, 0.15) is 18.4 Å². The van der Waals surface area contributed by atoms with Gasteiger partial charge in [0, 0.05) is 49.1 Å². The third kappa shape index (κ3) is 4.14. The molecule has 1 saturated heterocycles. The average molecular weight is 416 g/mol. The molecular weight excluding hydrogens is 390 g/mol. The molecule has 0 radical (unpaired) electrons. The Kier molecular flexibility index (Phi) is 5.35. The Bertz CT molecular complexity index is 1150. The molecule has 1 fully saturated rings. The maximum absolute atomic E-state index is 12.8. The highest BCUT2D eigenvalue weighted by Gasteiger charge is 2.26. The predicted octanol–water partition coefficient (Wildman–Crippen LogP) is 2.72. The molecule has 1 aliphatic rings. The molecule has 0 spiro atoms. The number of nitrogens with zero attached hydrogens (tertiary/aromatic N) is 5. The Hall–Kier alpha value is -3.68. The summed E-state index contributed by atoms with van der Waals surface area (Å²) in [6.45, 7) is 2.19. The van der Waals surface area contributed by atoms with Gasteiger partial charge >= 0.3 is 0 Å². The summed E-state index contributed by atoms with van der Waals surface area (Å²) in [7, 11) is 0. The number of aromatic amines is 1. The van der Waals surface area contributed by atoms with Crippen LogP contribution < -0.4 is 10.2 Å². The fraction of sp³-hybridized carbons (Fsp3) is 0.304. The molecule has 0 saturated carbocycles. The number of carbonyl (C=O) groups excluding carboxylic acids is 1. The first kappa shape index (κ1) is 19.3. The first-order chi connectivity index (χ1) is 15.3. The molecule has 1 atom stereocenters. The molecule has 158 valence electrons. The van der Waals surface area contributed by atoms with Crippen LogP contribution in [0, 0.1) is 5.92 Å². The summed E-state index contributed by atoms with van der Waals surface area (Å²) in [4.78, 5) is 22.3. The van der Waals surface area contributed by atoms with E-state index in [9.17, 15) is 4.79 Å². The number of imidazole rings is 1. The van der Waals surface area contributed by atoms with Crippen LogP contribution in [0.3, 0.4) is 0 Å². The third-order valence-corrected chi connectivity index (χ3v) is 5.89. The highest BCUT2D eigenvalue weighted by molar-refractivity contribution is 5.83. The minimum atomic E-state index is -0.0353. The summed E-state index contributed by atoms with van der Waals surface area (Å²) in [5.41, 5.74) is 2.36. The maximum atomic E-state index is 12.8. The van der Waals surface area contributed by atoms with Crippen LogP contribution in [-0.4, -0.2) is 50.3 Å². The van der Waals surface area contributed by atoms with E-state index in [1.807, 2.05) is 41.2 Å². The van der Waals surface area contributed by atoms with Crippen LogP contribution in [0.5, 0.6) is 0 Å². The van der Waals surface area contributed by atoms with Crippen molar-refractivity contribution in [2.75, 3.05) is 24.5 Å². The van der Waals surface area contributed by atoms with Gasteiger partial charge in [-0.1, -0.05) is 18.2 Å². The molecule has 8 heteroatoms. The van der Waals surface area contributed by atoms with Crippen molar-refractivity contribution in [1.82, 2.24) is 30.0 Å². The second-order valence-electron chi connectivity index (χ2n) is 7.91. The number of anilines is 1. The fourth-order valence-electron chi connectivity index (χ4n) is 4.22. The average Bonchev–Trinajstić information content (AvgIpc) is 3.50. The van der Waals surface area contributed by atoms with Gasteiger partial charge in [0.25, 0.3) is 0 Å². The number of carbonyl (C=O) groups is 1. The van der Waals surface area contributed by atoms with Crippen LogP contribution in [0.2, 0.25) is 0 Å². The second-order valence-corrected chi connectivity index (χ2v) is 7.91. The lowest BCUT2D eigenvalue weighted by molar-refractivity contribution is -0.125. The van der Waals surface area contributed by atoms with E-state index in [4.69, 9.17) is 0 Å². The quantitative estimate of drug-likeness (QED) is 0.505. The monoisotopic (exact) mass is 415 g/mol. The number of piperidine rings is 1. The van der Waals surface area contributed by atoms with E-state index < -0.39 is 0 Å². The summed E-state index contributed by atoms with van der Waals surface area (Å²) in [5, 5.41) is 13.0. The molecule has 1 aliphatic heterocycles. The minimum absolute atomic E-state index is 0.0353. The van der Waals surface area contributed by atoms with Crippen molar-refractivity contribution in [3.63, 3.8) is 0 Å². The van der Waals surface area contributed by atoms with Crippen LogP contribution >= 0.6 is 0 Å². The number of H-pyrrole nitrogens is 1. The van der Waals surface area contributed by atoms with Gasteiger partial charge in [0.15, 0.2) is 11.6 Å². The number of aromatic nitrogens is 5. The highest BCUT2D eigenvalue weighted by atomic mass is 16.1. The van der Waals surface area contributed by atoms with Crippen molar-refractivity contribution in [2.45, 2.75) is 19.3 Å². The summed E-state index contributed by atoms with van der Waals surface area (Å²) in [5.74, 6) is 1.62. The van der Waals surface area contributed by atoms with Gasteiger partial charge in [0.2, 0.25) is 5.91 Å². The molecule has 0 bridgehead atoms. The standard InChI is InChI=1S/C23H25N7O/c31-23(25-10-9-17-14-26-20-6-2-1-5-19(17)20)18-4-3-12-29(15-18)21-7-8-22(28-27-21)30-13-11-24-16-30/h1-2,5-8,11,13-14,16,18,26H,3-4,9-10,12,15H2,(H,25,31). The summed E-state index contributed by atoms with van der Waals surface area (Å²) in [6.07, 6.45) is 9.95. The number of nitrogens with one attached hydrogen (secondary N) is 2. The van der Waals surface area contributed by atoms with Gasteiger partial charge in [-0.2, -0.15) is 0 Å². The summed E-state index contributed by atoms with van der Waals surface area (Å²) in [6, 6.07) is 12.1. The molecule has 1 aromatic carbocycles. The smallest absolute Gasteiger partial charge is 0.224 e. The molecule has 3 aromatic heterocycles. The fourth-order valence-corrected chi connectivity index (χ4v) is 4.22. The molecule has 2 N–H and O–H groups in total. The van der Waals surface area contributed by atoms with Crippen molar-refractivity contribution in [2.24, 2.45) is 5.92 Å². The van der Waals surface area contributed by atoms with Crippen LogP contribution in [-0.2, 0) is 11.2 Å². The zero-order chi connectivity index (χ0) is 21.0. The van der Waals surface area contributed by atoms with E-state index in [-0.39, 0.29) is 11.8 Å². The lowest BCUT2D eigenvalue weighted by Crippen LogP contribution is -2.43. The lowest BCUT2D eigenvalue weighted by Gasteiger charge is -2.32. The Labute approximate surface area is 180 Å². The highest BCUT2D eigenvalue weighted by Crippen LogP contribution is 2.22. The molecule has 8 nitrogen and oxygen atoms in total. The van der Waals surface area contributed by atoms with E-state index in [1.165, 1.54) is 10.9 Å². The number of rotatable bonds is 6. The molecule has 1 unspecified atom stereocenters. The lowest BCUT2D eigenvalue weighted by atomic mass is 9.97. The van der Waals surface area contributed by atoms with Gasteiger partial charge in [0.1, 0.15) is 6.33 Å². The number of amides is 1. The molecule has 0 aliphatic carbocycles.